The highest BCUT2D eigenvalue weighted by Crippen LogP contribution is 2.22. The first-order chi connectivity index (χ1) is 6.49. The number of nitrogens with zero attached hydrogens (tertiary/aromatic N) is 1. The molecule has 2 unspecified atom stereocenters. The molecular formula is C9H20N2O2S. The zero-order chi connectivity index (χ0) is 10.8. The van der Waals surface area contributed by atoms with E-state index in [2.05, 4.69) is 0 Å². The first-order valence-electron chi connectivity index (χ1n) is 5.24. The second-order valence-electron chi connectivity index (χ2n) is 3.93. The molecule has 2 atom stereocenters. The maximum absolute atomic E-state index is 11.7. The van der Waals surface area contributed by atoms with Gasteiger partial charge in [-0.3, -0.25) is 0 Å². The summed E-state index contributed by atoms with van der Waals surface area (Å²) in [4.78, 5) is 0. The third-order valence-electron chi connectivity index (χ3n) is 2.83. The standard InChI is InChI=1S/C9H20N2O2S/c1-3-14(12,13)11-7-5-4-6-9(11)8(2)10/h8-9H,3-7,10H2,1-2H3. The summed E-state index contributed by atoms with van der Waals surface area (Å²) >= 11 is 0. The Labute approximate surface area is 86.5 Å². The third kappa shape index (κ3) is 2.46. The monoisotopic (exact) mass is 220 g/mol. The minimum Gasteiger partial charge on any atom is -0.326 e. The van der Waals surface area contributed by atoms with Gasteiger partial charge >= 0.3 is 0 Å². The van der Waals surface area contributed by atoms with Crippen LogP contribution in [0.15, 0.2) is 0 Å². The molecule has 0 saturated carbocycles. The fourth-order valence-electron chi connectivity index (χ4n) is 1.97. The van der Waals surface area contributed by atoms with E-state index in [9.17, 15) is 8.42 Å². The van der Waals surface area contributed by atoms with Crippen molar-refractivity contribution in [3.05, 3.63) is 0 Å². The van der Waals surface area contributed by atoms with E-state index in [1.165, 1.54) is 0 Å². The second-order valence-corrected chi connectivity index (χ2v) is 6.14. The first kappa shape index (κ1) is 11.9. The van der Waals surface area contributed by atoms with Crippen molar-refractivity contribution in [2.45, 2.75) is 45.2 Å². The van der Waals surface area contributed by atoms with Gasteiger partial charge < -0.3 is 5.73 Å². The van der Waals surface area contributed by atoms with Crippen molar-refractivity contribution < 1.29 is 8.42 Å². The summed E-state index contributed by atoms with van der Waals surface area (Å²) in [6.45, 7) is 4.21. The van der Waals surface area contributed by atoms with Crippen molar-refractivity contribution in [3.63, 3.8) is 0 Å². The molecule has 0 spiro atoms. The number of hydrogen-bond donors (Lipinski definition) is 1. The molecule has 84 valence electrons. The molecule has 0 aliphatic carbocycles. The largest absolute Gasteiger partial charge is 0.326 e. The minimum absolute atomic E-state index is 0.00806. The lowest BCUT2D eigenvalue weighted by molar-refractivity contribution is 0.227. The van der Waals surface area contributed by atoms with Gasteiger partial charge in [0.05, 0.1) is 5.75 Å². The molecule has 1 aliphatic rings. The molecule has 1 heterocycles. The molecule has 1 saturated heterocycles. The molecule has 2 N–H and O–H groups in total. The van der Waals surface area contributed by atoms with E-state index in [1.807, 2.05) is 6.92 Å². The lowest BCUT2D eigenvalue weighted by Crippen LogP contribution is -2.51. The van der Waals surface area contributed by atoms with Crippen LogP contribution in [0.1, 0.15) is 33.1 Å². The number of rotatable bonds is 3. The van der Waals surface area contributed by atoms with Crippen molar-refractivity contribution in [2.75, 3.05) is 12.3 Å². The quantitative estimate of drug-likeness (QED) is 0.755. The molecule has 1 fully saturated rings. The summed E-state index contributed by atoms with van der Waals surface area (Å²) in [5.74, 6) is 0.177. The van der Waals surface area contributed by atoms with Crippen molar-refractivity contribution in [1.29, 1.82) is 0 Å². The van der Waals surface area contributed by atoms with E-state index in [1.54, 1.807) is 11.2 Å². The van der Waals surface area contributed by atoms with Gasteiger partial charge in [0.1, 0.15) is 0 Å². The van der Waals surface area contributed by atoms with Gasteiger partial charge in [0.2, 0.25) is 10.0 Å². The number of hydrogen-bond acceptors (Lipinski definition) is 3. The van der Waals surface area contributed by atoms with Gasteiger partial charge in [0.25, 0.3) is 0 Å². The van der Waals surface area contributed by atoms with E-state index < -0.39 is 10.0 Å². The Morgan fingerprint density at radius 2 is 2.14 bits per heavy atom. The smallest absolute Gasteiger partial charge is 0.214 e. The molecule has 0 bridgehead atoms. The summed E-state index contributed by atoms with van der Waals surface area (Å²) in [5.41, 5.74) is 5.80. The van der Waals surface area contributed by atoms with E-state index in [0.717, 1.165) is 19.3 Å². The summed E-state index contributed by atoms with van der Waals surface area (Å²) in [5, 5.41) is 0. The topological polar surface area (TPSA) is 63.4 Å². The number of piperidine rings is 1. The Hall–Kier alpha value is -0.130. The molecule has 0 aromatic rings. The molecule has 0 aromatic carbocycles. The molecule has 0 aromatic heterocycles. The summed E-state index contributed by atoms with van der Waals surface area (Å²) in [7, 11) is -3.06. The molecule has 14 heavy (non-hydrogen) atoms. The van der Waals surface area contributed by atoms with Crippen LogP contribution >= 0.6 is 0 Å². The van der Waals surface area contributed by atoms with Crippen LogP contribution in [0.2, 0.25) is 0 Å². The van der Waals surface area contributed by atoms with Gasteiger partial charge in [-0.1, -0.05) is 6.42 Å². The lowest BCUT2D eigenvalue weighted by atomic mass is 10.00. The van der Waals surface area contributed by atoms with E-state index >= 15 is 0 Å². The van der Waals surface area contributed by atoms with Gasteiger partial charge in [-0.05, 0) is 26.7 Å². The summed E-state index contributed by atoms with van der Waals surface area (Å²) in [6.07, 6.45) is 2.95. The van der Waals surface area contributed by atoms with Crippen LogP contribution in [0.4, 0.5) is 0 Å². The molecule has 1 rings (SSSR count). The predicted molar refractivity (Wildman–Crippen MR) is 57.5 cm³/mol. The third-order valence-corrected chi connectivity index (χ3v) is 4.72. The van der Waals surface area contributed by atoms with Crippen LogP contribution in [-0.4, -0.2) is 37.1 Å². The van der Waals surface area contributed by atoms with Gasteiger partial charge in [-0.15, -0.1) is 0 Å². The second kappa shape index (κ2) is 4.59. The zero-order valence-electron chi connectivity index (χ0n) is 8.94. The molecule has 4 nitrogen and oxygen atoms in total. The maximum Gasteiger partial charge on any atom is 0.214 e. The van der Waals surface area contributed by atoms with Crippen molar-refractivity contribution in [2.24, 2.45) is 5.73 Å². The highest BCUT2D eigenvalue weighted by atomic mass is 32.2. The SMILES string of the molecule is CCS(=O)(=O)N1CCCCC1C(C)N. The summed E-state index contributed by atoms with van der Waals surface area (Å²) < 4.78 is 25.1. The first-order valence-corrected chi connectivity index (χ1v) is 6.85. The molecule has 1 aliphatic heterocycles. The fourth-order valence-corrected chi connectivity index (χ4v) is 3.42. The van der Waals surface area contributed by atoms with Gasteiger partial charge in [-0.2, -0.15) is 4.31 Å². The van der Waals surface area contributed by atoms with Crippen molar-refractivity contribution >= 4 is 10.0 Å². The fraction of sp³-hybridized carbons (Fsp3) is 1.00. The van der Waals surface area contributed by atoms with Crippen LogP contribution in [-0.2, 0) is 10.0 Å². The Bertz CT molecular complexity index is 275. The molecule has 5 heteroatoms. The van der Waals surface area contributed by atoms with Gasteiger partial charge in [0.15, 0.2) is 0 Å². The normalized spacial score (nSPS) is 27.5. The summed E-state index contributed by atoms with van der Waals surface area (Å²) in [6, 6.07) is -0.0645. The Kier molecular flexibility index (Phi) is 3.92. The highest BCUT2D eigenvalue weighted by Gasteiger charge is 2.32. The Balaban J connectivity index is 2.83. The number of sulfonamides is 1. The average Bonchev–Trinajstić information content (AvgIpc) is 2.18. The molecule has 0 radical (unpaired) electrons. The van der Waals surface area contributed by atoms with Crippen molar-refractivity contribution in [3.8, 4) is 0 Å². The average molecular weight is 220 g/mol. The van der Waals surface area contributed by atoms with Gasteiger partial charge in [0, 0.05) is 18.6 Å². The van der Waals surface area contributed by atoms with E-state index in [4.69, 9.17) is 5.73 Å². The van der Waals surface area contributed by atoms with Crippen LogP contribution in [0.25, 0.3) is 0 Å². The predicted octanol–water partition coefficient (Wildman–Crippen LogP) is 0.538. The van der Waals surface area contributed by atoms with Crippen LogP contribution in [0.3, 0.4) is 0 Å². The highest BCUT2D eigenvalue weighted by molar-refractivity contribution is 7.89. The Morgan fingerprint density at radius 1 is 1.50 bits per heavy atom. The minimum atomic E-state index is -3.06. The Morgan fingerprint density at radius 3 is 2.64 bits per heavy atom. The van der Waals surface area contributed by atoms with Crippen molar-refractivity contribution in [1.82, 2.24) is 4.31 Å². The van der Waals surface area contributed by atoms with Gasteiger partial charge in [-0.25, -0.2) is 8.42 Å². The maximum atomic E-state index is 11.7. The van der Waals surface area contributed by atoms with Crippen LogP contribution in [0.5, 0.6) is 0 Å². The van der Waals surface area contributed by atoms with Crippen LogP contribution < -0.4 is 5.73 Å². The van der Waals surface area contributed by atoms with E-state index in [-0.39, 0.29) is 17.8 Å². The number of nitrogens with two attached hydrogens (primary N) is 1. The van der Waals surface area contributed by atoms with Crippen LogP contribution in [0, 0.1) is 0 Å². The zero-order valence-corrected chi connectivity index (χ0v) is 9.76. The lowest BCUT2D eigenvalue weighted by Gasteiger charge is -2.36. The van der Waals surface area contributed by atoms with E-state index in [0.29, 0.717) is 6.54 Å². The molecule has 0 amide bonds. The molecular weight excluding hydrogens is 200 g/mol.